The van der Waals surface area contributed by atoms with Gasteiger partial charge in [0.1, 0.15) is 28.4 Å². The van der Waals surface area contributed by atoms with Gasteiger partial charge in [-0.25, -0.2) is 24.4 Å². The van der Waals surface area contributed by atoms with Gasteiger partial charge in [-0.1, -0.05) is 26.5 Å². The van der Waals surface area contributed by atoms with E-state index >= 15 is 0 Å². The van der Waals surface area contributed by atoms with Gasteiger partial charge in [0.15, 0.2) is 0 Å². The first-order valence-electron chi connectivity index (χ1n) is 15.7. The summed E-state index contributed by atoms with van der Waals surface area (Å²) in [6.45, 7) is 20.4. The molecule has 14 heteroatoms. The van der Waals surface area contributed by atoms with E-state index in [0.717, 1.165) is 29.1 Å². The normalized spacial score (nSPS) is 11.0. The minimum Gasteiger partial charge on any atom is -0.444 e. The van der Waals surface area contributed by atoms with Gasteiger partial charge in [0.25, 0.3) is 0 Å². The SMILES string of the molecule is C.CC(C)(C)OC(=O)N(C(=O)OC(C)(C)C)c1ccc(CN)cn1.CCCOC.COCCN(Cc1ccc(N)nc1)C(=O)OC(C)(C)C. The van der Waals surface area contributed by atoms with Crippen molar-refractivity contribution in [2.45, 2.75) is 113 Å². The van der Waals surface area contributed by atoms with Crippen LogP contribution in [-0.4, -0.2) is 83.9 Å². The molecule has 0 aromatic carbocycles. The summed E-state index contributed by atoms with van der Waals surface area (Å²) in [6.07, 6.45) is 2.21. The minimum absolute atomic E-state index is 0. The third kappa shape index (κ3) is 22.3. The molecule has 2 heterocycles. The first-order valence-corrected chi connectivity index (χ1v) is 15.7. The van der Waals surface area contributed by atoms with E-state index in [1.807, 2.05) is 26.8 Å². The van der Waals surface area contributed by atoms with Crippen LogP contribution in [0.3, 0.4) is 0 Å². The van der Waals surface area contributed by atoms with E-state index in [0.29, 0.717) is 32.1 Å². The van der Waals surface area contributed by atoms with Crippen molar-refractivity contribution < 1.29 is 38.1 Å². The van der Waals surface area contributed by atoms with E-state index in [4.69, 9.17) is 35.2 Å². The van der Waals surface area contributed by atoms with Crippen LogP contribution >= 0.6 is 0 Å². The Morgan fingerprint density at radius 1 is 0.714 bits per heavy atom. The average molecular weight is 695 g/mol. The number of imide groups is 1. The summed E-state index contributed by atoms with van der Waals surface area (Å²) in [6, 6.07) is 6.76. The number of nitrogens with zero attached hydrogens (tertiary/aromatic N) is 4. The zero-order valence-electron chi connectivity index (χ0n) is 30.9. The van der Waals surface area contributed by atoms with Crippen molar-refractivity contribution >= 4 is 29.9 Å². The molecule has 0 fully saturated rings. The number of pyridine rings is 2. The van der Waals surface area contributed by atoms with Gasteiger partial charge in [0.2, 0.25) is 0 Å². The molecule has 14 nitrogen and oxygen atoms in total. The molecule has 280 valence electrons. The number of anilines is 2. The van der Waals surface area contributed by atoms with Crippen LogP contribution in [0.2, 0.25) is 0 Å². The Morgan fingerprint density at radius 3 is 1.53 bits per heavy atom. The molecule has 3 amide bonds. The lowest BCUT2D eigenvalue weighted by atomic mass is 10.2. The summed E-state index contributed by atoms with van der Waals surface area (Å²) in [7, 11) is 3.31. The number of ether oxygens (including phenoxy) is 5. The second-order valence-corrected chi connectivity index (χ2v) is 13.5. The van der Waals surface area contributed by atoms with Gasteiger partial charge < -0.3 is 40.1 Å². The van der Waals surface area contributed by atoms with Gasteiger partial charge in [-0.3, -0.25) is 0 Å². The monoisotopic (exact) mass is 694 g/mol. The van der Waals surface area contributed by atoms with Crippen molar-refractivity contribution in [2.24, 2.45) is 5.73 Å². The third-order valence-electron chi connectivity index (χ3n) is 5.27. The van der Waals surface area contributed by atoms with Crippen LogP contribution in [0.25, 0.3) is 0 Å². The number of nitrogens with two attached hydrogens (primary N) is 2. The van der Waals surface area contributed by atoms with Crippen molar-refractivity contribution in [3.8, 4) is 0 Å². The Labute approximate surface area is 293 Å². The number of hydrogen-bond donors (Lipinski definition) is 2. The number of aromatic nitrogens is 2. The second kappa shape index (κ2) is 22.6. The van der Waals surface area contributed by atoms with Crippen molar-refractivity contribution in [3.05, 3.63) is 47.8 Å². The number of hydrogen-bond acceptors (Lipinski definition) is 12. The van der Waals surface area contributed by atoms with E-state index < -0.39 is 29.0 Å². The van der Waals surface area contributed by atoms with Gasteiger partial charge in [-0.15, -0.1) is 0 Å². The molecule has 2 rings (SSSR count). The number of methoxy groups -OCH3 is 2. The van der Waals surface area contributed by atoms with Crippen molar-refractivity contribution in [3.63, 3.8) is 0 Å². The highest BCUT2D eigenvalue weighted by Crippen LogP contribution is 2.20. The molecule has 0 aliphatic heterocycles. The fraction of sp³-hybridized carbons (Fsp3) is 0.629. The van der Waals surface area contributed by atoms with Gasteiger partial charge >= 0.3 is 18.3 Å². The molecule has 0 radical (unpaired) electrons. The van der Waals surface area contributed by atoms with Crippen LogP contribution in [0.4, 0.5) is 26.0 Å². The van der Waals surface area contributed by atoms with E-state index in [-0.39, 0.29) is 19.3 Å². The summed E-state index contributed by atoms with van der Waals surface area (Å²) in [4.78, 5) is 47.4. The van der Waals surface area contributed by atoms with Crippen molar-refractivity contribution in [1.82, 2.24) is 14.9 Å². The maximum absolute atomic E-state index is 12.4. The van der Waals surface area contributed by atoms with Crippen molar-refractivity contribution in [1.29, 1.82) is 0 Å². The standard InChI is InChI=1S/C16H25N3O4.C14H23N3O3.C4H10O.CH4/c1-15(2,3)22-13(20)19(14(21)23-16(4,5)6)12-8-7-11(9-17)10-18-12;1-14(2,3)20-13(18)17(7-8-19-4)10-11-5-6-12(15)16-9-11;1-3-4-5-2;/h7-8,10H,9,17H2,1-6H3;5-6,9H,7-8,10H2,1-4H3,(H2,15,16);3-4H2,1-2H3;1H4. The number of amides is 3. The first-order chi connectivity index (χ1) is 22.2. The van der Waals surface area contributed by atoms with E-state index in [1.165, 1.54) is 12.3 Å². The molecule has 2 aromatic rings. The quantitative estimate of drug-likeness (QED) is 0.258. The smallest absolute Gasteiger partial charge is 0.425 e. The summed E-state index contributed by atoms with van der Waals surface area (Å²) in [5.41, 5.74) is 10.7. The fourth-order valence-electron chi connectivity index (χ4n) is 3.26. The molecule has 0 saturated heterocycles. The van der Waals surface area contributed by atoms with E-state index in [2.05, 4.69) is 16.9 Å². The van der Waals surface area contributed by atoms with Gasteiger partial charge in [0.05, 0.1) is 13.2 Å². The van der Waals surface area contributed by atoms with Crippen LogP contribution in [0, 0.1) is 0 Å². The van der Waals surface area contributed by atoms with E-state index in [9.17, 15) is 14.4 Å². The summed E-state index contributed by atoms with van der Waals surface area (Å²) in [5, 5.41) is 0. The fourth-order valence-corrected chi connectivity index (χ4v) is 3.26. The van der Waals surface area contributed by atoms with Crippen LogP contribution in [0.1, 0.15) is 94.2 Å². The lowest BCUT2D eigenvalue weighted by Gasteiger charge is -2.28. The predicted octanol–water partition coefficient (Wildman–Crippen LogP) is 6.94. The Kier molecular flexibility index (Phi) is 21.7. The summed E-state index contributed by atoms with van der Waals surface area (Å²) >= 11 is 0. The summed E-state index contributed by atoms with van der Waals surface area (Å²) in [5.74, 6) is 0.570. The van der Waals surface area contributed by atoms with E-state index in [1.54, 1.807) is 79.0 Å². The number of rotatable bonds is 9. The molecule has 0 atom stereocenters. The molecule has 4 N–H and O–H groups in total. The van der Waals surface area contributed by atoms with Crippen LogP contribution in [-0.2, 0) is 36.8 Å². The Hall–Kier alpha value is -4.01. The van der Waals surface area contributed by atoms with Gasteiger partial charge in [-0.05, 0) is 92.0 Å². The maximum Gasteiger partial charge on any atom is 0.425 e. The molecular weight excluding hydrogens is 632 g/mol. The third-order valence-corrected chi connectivity index (χ3v) is 5.27. The van der Waals surface area contributed by atoms with Crippen molar-refractivity contribution in [2.75, 3.05) is 44.6 Å². The maximum atomic E-state index is 12.4. The highest BCUT2D eigenvalue weighted by Gasteiger charge is 2.33. The number of carbonyl (C=O) groups excluding carboxylic acids is 3. The molecule has 0 bridgehead atoms. The largest absolute Gasteiger partial charge is 0.444 e. The lowest BCUT2D eigenvalue weighted by molar-refractivity contribution is 0.0183. The zero-order chi connectivity index (χ0) is 37.1. The molecule has 0 unspecified atom stereocenters. The minimum atomic E-state index is -0.847. The van der Waals surface area contributed by atoms with Crippen LogP contribution in [0.5, 0.6) is 0 Å². The molecule has 0 aliphatic carbocycles. The van der Waals surface area contributed by atoms with Gasteiger partial charge in [0, 0.05) is 46.3 Å². The van der Waals surface area contributed by atoms with Crippen LogP contribution < -0.4 is 16.4 Å². The van der Waals surface area contributed by atoms with Gasteiger partial charge in [-0.2, -0.15) is 4.90 Å². The predicted molar refractivity (Wildman–Crippen MR) is 193 cm³/mol. The number of nitrogen functional groups attached to an aromatic ring is 1. The molecule has 0 saturated carbocycles. The second-order valence-electron chi connectivity index (χ2n) is 13.5. The molecule has 49 heavy (non-hydrogen) atoms. The molecular formula is C35H62N6O8. The Bertz CT molecular complexity index is 1190. The Morgan fingerprint density at radius 2 is 1.18 bits per heavy atom. The molecule has 2 aromatic heterocycles. The molecule has 0 aliphatic rings. The molecule has 0 spiro atoms. The lowest BCUT2D eigenvalue weighted by Crippen LogP contribution is -2.44. The average Bonchev–Trinajstić information content (AvgIpc) is 2.95. The Balaban J connectivity index is 0. The first kappa shape index (κ1) is 47.1. The highest BCUT2D eigenvalue weighted by molar-refractivity contribution is 6.08. The topological polar surface area (TPSA) is 182 Å². The van der Waals surface area contributed by atoms with Crippen LogP contribution in [0.15, 0.2) is 36.7 Å². The summed E-state index contributed by atoms with van der Waals surface area (Å²) < 4.78 is 25.6. The zero-order valence-corrected chi connectivity index (χ0v) is 30.9. The highest BCUT2D eigenvalue weighted by atomic mass is 16.6. The number of carbonyl (C=O) groups is 3.